The molecule has 1 nitrogen and oxygen atoms in total. The molecule has 0 radical (unpaired) electrons. The maximum atomic E-state index is 8.81. The van der Waals surface area contributed by atoms with Crippen molar-refractivity contribution in [3.05, 3.63) is 27.3 Å². The summed E-state index contributed by atoms with van der Waals surface area (Å²) in [6.45, 7) is 2.01. The molecular weight excluding hydrogens is 238 g/mol. The minimum atomic E-state index is 0.142. The summed E-state index contributed by atoms with van der Waals surface area (Å²) in [5.74, 6) is 0. The molecule has 52 valence electrons. The molecule has 1 rings (SSSR count). The Labute approximate surface area is 74.9 Å². The quantitative estimate of drug-likeness (QED) is 0.567. The van der Waals surface area contributed by atoms with Crippen LogP contribution in [0.25, 0.3) is 0 Å². The third kappa shape index (κ3) is 1.73. The lowest BCUT2D eigenvalue weighted by molar-refractivity contribution is 0.615. The molecule has 1 aromatic rings. The lowest BCUT2D eigenvalue weighted by atomic mass is 9.85. The molecule has 0 aromatic heterocycles. The second-order valence-electron chi connectivity index (χ2n) is 2.23. The molecule has 1 aromatic carbocycles. The van der Waals surface area contributed by atoms with Crippen LogP contribution in [0, 0.1) is 10.5 Å². The molecule has 1 N–H and O–H groups in total. The Morgan fingerprint density at radius 3 is 2.70 bits per heavy atom. The van der Waals surface area contributed by atoms with Gasteiger partial charge in [0.2, 0.25) is 0 Å². The summed E-state index contributed by atoms with van der Waals surface area (Å²) in [5, 5.41) is 8.81. The number of benzene rings is 1. The van der Waals surface area contributed by atoms with Gasteiger partial charge in [0.05, 0.1) is 0 Å². The van der Waals surface area contributed by atoms with Gasteiger partial charge in [0, 0.05) is 3.57 Å². The SMILES string of the molecule is Cc1cc(I)ccc1BO. The highest BCUT2D eigenvalue weighted by Gasteiger charge is 1.97. The van der Waals surface area contributed by atoms with Crippen molar-refractivity contribution in [3.8, 4) is 0 Å². The Balaban J connectivity index is 3.07. The highest BCUT2D eigenvalue weighted by atomic mass is 127. The largest absolute Gasteiger partial charge is 0.449 e. The zero-order valence-electron chi connectivity index (χ0n) is 5.76. The number of hydrogen-bond donors (Lipinski definition) is 1. The zero-order chi connectivity index (χ0) is 7.56. The van der Waals surface area contributed by atoms with Crippen molar-refractivity contribution in [3.63, 3.8) is 0 Å². The first-order chi connectivity index (χ1) is 4.74. The van der Waals surface area contributed by atoms with Crippen LogP contribution in [0.1, 0.15) is 5.56 Å². The van der Waals surface area contributed by atoms with Crippen LogP contribution in [0.4, 0.5) is 0 Å². The highest BCUT2D eigenvalue weighted by Crippen LogP contribution is 2.03. The van der Waals surface area contributed by atoms with Gasteiger partial charge < -0.3 is 5.02 Å². The summed E-state index contributed by atoms with van der Waals surface area (Å²) in [5.41, 5.74) is 2.18. The summed E-state index contributed by atoms with van der Waals surface area (Å²) in [4.78, 5) is 0. The third-order valence-electron chi connectivity index (χ3n) is 1.47. The molecule has 0 aliphatic carbocycles. The average molecular weight is 246 g/mol. The number of aryl methyl sites for hydroxylation is 1. The molecule has 0 saturated heterocycles. The third-order valence-corrected chi connectivity index (χ3v) is 2.15. The van der Waals surface area contributed by atoms with Crippen LogP contribution in [0.5, 0.6) is 0 Å². The molecule has 0 heterocycles. The first-order valence-electron chi connectivity index (χ1n) is 3.10. The number of rotatable bonds is 1. The fourth-order valence-corrected chi connectivity index (χ4v) is 1.48. The van der Waals surface area contributed by atoms with Crippen LogP contribution in [-0.4, -0.2) is 12.5 Å². The van der Waals surface area contributed by atoms with Crippen LogP contribution in [0.2, 0.25) is 0 Å². The van der Waals surface area contributed by atoms with Gasteiger partial charge in [0.15, 0.2) is 0 Å². The second-order valence-corrected chi connectivity index (χ2v) is 3.47. The smallest absolute Gasteiger partial charge is 0.305 e. The van der Waals surface area contributed by atoms with E-state index in [0.29, 0.717) is 0 Å². The molecule has 3 heteroatoms. The van der Waals surface area contributed by atoms with E-state index in [0.717, 1.165) is 11.0 Å². The summed E-state index contributed by atoms with van der Waals surface area (Å²) in [7, 11) is 0.142. The van der Waals surface area contributed by atoms with E-state index in [4.69, 9.17) is 5.02 Å². The molecule has 0 spiro atoms. The summed E-state index contributed by atoms with van der Waals surface area (Å²) in [6, 6.07) is 6.02. The van der Waals surface area contributed by atoms with Gasteiger partial charge in [-0.25, -0.2) is 0 Å². The Kier molecular flexibility index (Phi) is 2.74. The van der Waals surface area contributed by atoms with E-state index in [-0.39, 0.29) is 7.48 Å². The Morgan fingerprint density at radius 2 is 2.20 bits per heavy atom. The molecule has 0 bridgehead atoms. The zero-order valence-corrected chi connectivity index (χ0v) is 7.92. The Morgan fingerprint density at radius 1 is 1.50 bits per heavy atom. The van der Waals surface area contributed by atoms with E-state index in [1.54, 1.807) is 0 Å². The predicted molar refractivity (Wildman–Crippen MR) is 52.9 cm³/mol. The van der Waals surface area contributed by atoms with Gasteiger partial charge in [0.1, 0.15) is 0 Å². The molecule has 0 aliphatic heterocycles. The van der Waals surface area contributed by atoms with Crippen molar-refractivity contribution in [2.45, 2.75) is 6.92 Å². The van der Waals surface area contributed by atoms with E-state index in [1.165, 1.54) is 3.57 Å². The molecule has 10 heavy (non-hydrogen) atoms. The minimum absolute atomic E-state index is 0.142. The van der Waals surface area contributed by atoms with E-state index in [2.05, 4.69) is 28.7 Å². The van der Waals surface area contributed by atoms with Crippen molar-refractivity contribution < 1.29 is 5.02 Å². The maximum absolute atomic E-state index is 8.81. The van der Waals surface area contributed by atoms with Crippen LogP contribution in [0.15, 0.2) is 18.2 Å². The minimum Gasteiger partial charge on any atom is -0.449 e. The van der Waals surface area contributed by atoms with Gasteiger partial charge in [-0.15, -0.1) is 0 Å². The standard InChI is InChI=1S/C7H8BIO/c1-5-4-6(9)2-3-7(5)8-10/h2-4,8,10H,1H3. The van der Waals surface area contributed by atoms with Crippen LogP contribution < -0.4 is 5.46 Å². The molecule has 0 atom stereocenters. The Hall–Kier alpha value is -0.0251. The van der Waals surface area contributed by atoms with Crippen molar-refractivity contribution in [1.29, 1.82) is 0 Å². The fraction of sp³-hybridized carbons (Fsp3) is 0.143. The second kappa shape index (κ2) is 3.39. The van der Waals surface area contributed by atoms with E-state index >= 15 is 0 Å². The summed E-state index contributed by atoms with van der Waals surface area (Å²) < 4.78 is 1.22. The molecule has 0 unspecified atom stereocenters. The van der Waals surface area contributed by atoms with Gasteiger partial charge in [-0.2, -0.15) is 0 Å². The number of hydrogen-bond acceptors (Lipinski definition) is 1. The Bertz CT molecular complexity index is 237. The molecule has 0 fully saturated rings. The normalized spacial score (nSPS) is 9.50. The van der Waals surface area contributed by atoms with Gasteiger partial charge in [-0.05, 0) is 47.1 Å². The lowest BCUT2D eigenvalue weighted by Crippen LogP contribution is -2.16. The van der Waals surface area contributed by atoms with Crippen LogP contribution in [0.3, 0.4) is 0 Å². The first-order valence-corrected chi connectivity index (χ1v) is 4.18. The van der Waals surface area contributed by atoms with Gasteiger partial charge in [-0.1, -0.05) is 11.6 Å². The van der Waals surface area contributed by atoms with E-state index in [9.17, 15) is 0 Å². The first kappa shape index (κ1) is 8.08. The van der Waals surface area contributed by atoms with Gasteiger partial charge in [-0.3, -0.25) is 0 Å². The highest BCUT2D eigenvalue weighted by molar-refractivity contribution is 14.1. The van der Waals surface area contributed by atoms with Crippen molar-refractivity contribution in [2.24, 2.45) is 0 Å². The number of halogens is 1. The average Bonchev–Trinajstić information content (AvgIpc) is 1.88. The molecule has 0 amide bonds. The molecule has 0 aliphatic rings. The van der Waals surface area contributed by atoms with Crippen LogP contribution >= 0.6 is 22.6 Å². The lowest BCUT2D eigenvalue weighted by Gasteiger charge is -1.99. The van der Waals surface area contributed by atoms with Gasteiger partial charge >= 0.3 is 7.48 Å². The monoisotopic (exact) mass is 246 g/mol. The van der Waals surface area contributed by atoms with Crippen molar-refractivity contribution in [2.75, 3.05) is 0 Å². The topological polar surface area (TPSA) is 20.2 Å². The summed E-state index contributed by atoms with van der Waals surface area (Å²) in [6.07, 6.45) is 0. The molecule has 0 saturated carbocycles. The predicted octanol–water partition coefficient (Wildman–Crippen LogP) is 0.569. The van der Waals surface area contributed by atoms with Crippen molar-refractivity contribution in [1.82, 2.24) is 0 Å². The van der Waals surface area contributed by atoms with Gasteiger partial charge in [0.25, 0.3) is 0 Å². The maximum Gasteiger partial charge on any atom is 0.305 e. The van der Waals surface area contributed by atoms with E-state index < -0.39 is 0 Å². The fourth-order valence-electron chi connectivity index (χ4n) is 0.837. The summed E-state index contributed by atoms with van der Waals surface area (Å²) >= 11 is 2.26. The molecular formula is C7H8BIO. The van der Waals surface area contributed by atoms with Crippen molar-refractivity contribution >= 4 is 35.5 Å². The van der Waals surface area contributed by atoms with E-state index in [1.807, 2.05) is 19.1 Å². The van der Waals surface area contributed by atoms with Crippen LogP contribution in [-0.2, 0) is 0 Å².